The second-order valence-corrected chi connectivity index (χ2v) is 7.37. The highest BCUT2D eigenvalue weighted by Gasteiger charge is 2.06. The lowest BCUT2D eigenvalue weighted by Crippen LogP contribution is -2.02. The quantitative estimate of drug-likeness (QED) is 0.325. The fourth-order valence-corrected chi connectivity index (χ4v) is 3.51. The molecule has 0 saturated carbocycles. The molecule has 0 radical (unpaired) electrons. The molecule has 0 N–H and O–H groups in total. The van der Waals surface area contributed by atoms with E-state index in [0.717, 1.165) is 29.4 Å². The maximum absolute atomic E-state index is 6.42. The van der Waals surface area contributed by atoms with Crippen LogP contribution in [-0.4, -0.2) is 13.2 Å². The van der Waals surface area contributed by atoms with Crippen LogP contribution in [0.3, 0.4) is 0 Å². The second-order valence-electron chi connectivity index (χ2n) is 6.96. The summed E-state index contributed by atoms with van der Waals surface area (Å²) in [7, 11) is 0. The van der Waals surface area contributed by atoms with E-state index < -0.39 is 0 Å². The van der Waals surface area contributed by atoms with Crippen molar-refractivity contribution < 1.29 is 9.47 Å². The van der Waals surface area contributed by atoms with E-state index in [-0.39, 0.29) is 0 Å². The third kappa shape index (κ3) is 5.30. The first-order chi connectivity index (χ1) is 14.3. The van der Waals surface area contributed by atoms with E-state index in [1.54, 1.807) is 0 Å². The van der Waals surface area contributed by atoms with Crippen LogP contribution in [0.25, 0.3) is 10.8 Å². The molecule has 146 valence electrons. The van der Waals surface area contributed by atoms with E-state index in [2.05, 4.69) is 36.4 Å². The Morgan fingerprint density at radius 1 is 0.586 bits per heavy atom. The molecule has 29 heavy (non-hydrogen) atoms. The Labute approximate surface area is 176 Å². The van der Waals surface area contributed by atoms with Crippen molar-refractivity contribution >= 4 is 22.4 Å². The Morgan fingerprint density at radius 3 is 1.86 bits per heavy atom. The lowest BCUT2D eigenvalue weighted by molar-refractivity contribution is 0.321. The molecule has 0 saturated heterocycles. The molecule has 0 aliphatic carbocycles. The number of halogens is 1. The molecule has 0 fully saturated rings. The van der Waals surface area contributed by atoms with Crippen LogP contribution >= 0.6 is 11.6 Å². The first kappa shape index (κ1) is 19.4. The zero-order valence-electron chi connectivity index (χ0n) is 16.2. The Bertz CT molecular complexity index is 1060. The van der Waals surface area contributed by atoms with Gasteiger partial charge < -0.3 is 9.47 Å². The van der Waals surface area contributed by atoms with Gasteiger partial charge in [0.05, 0.1) is 18.2 Å². The van der Waals surface area contributed by atoms with Gasteiger partial charge in [0.1, 0.15) is 11.5 Å². The van der Waals surface area contributed by atoms with Gasteiger partial charge >= 0.3 is 0 Å². The number of benzene rings is 4. The van der Waals surface area contributed by atoms with Crippen LogP contribution in [0.2, 0.25) is 5.02 Å². The van der Waals surface area contributed by atoms with Crippen molar-refractivity contribution in [2.45, 2.75) is 12.8 Å². The first-order valence-electron chi connectivity index (χ1n) is 9.85. The van der Waals surface area contributed by atoms with Crippen molar-refractivity contribution in [1.82, 2.24) is 0 Å². The summed E-state index contributed by atoms with van der Waals surface area (Å²) in [4.78, 5) is 0. The van der Waals surface area contributed by atoms with Crippen molar-refractivity contribution in [1.29, 1.82) is 0 Å². The Balaban J connectivity index is 1.40. The van der Waals surface area contributed by atoms with Crippen molar-refractivity contribution in [3.05, 3.63) is 107 Å². The molecule has 2 nitrogen and oxygen atoms in total. The molecular weight excluding hydrogens is 380 g/mol. The highest BCUT2D eigenvalue weighted by atomic mass is 35.5. The van der Waals surface area contributed by atoms with E-state index in [0.29, 0.717) is 24.0 Å². The summed E-state index contributed by atoms with van der Waals surface area (Å²) in [5.41, 5.74) is 2.52. The van der Waals surface area contributed by atoms with Gasteiger partial charge in [-0.05, 0) is 46.2 Å². The van der Waals surface area contributed by atoms with E-state index in [1.165, 1.54) is 11.1 Å². The number of hydrogen-bond donors (Lipinski definition) is 0. The minimum absolute atomic E-state index is 0.586. The van der Waals surface area contributed by atoms with Gasteiger partial charge in [0, 0.05) is 12.8 Å². The van der Waals surface area contributed by atoms with E-state index in [1.807, 2.05) is 54.6 Å². The van der Waals surface area contributed by atoms with Gasteiger partial charge in [-0.15, -0.1) is 0 Å². The molecule has 4 aromatic rings. The molecule has 4 rings (SSSR count). The zero-order chi connectivity index (χ0) is 19.9. The monoisotopic (exact) mass is 402 g/mol. The maximum atomic E-state index is 6.42. The largest absolute Gasteiger partial charge is 0.493 e. The maximum Gasteiger partial charge on any atom is 0.138 e. The predicted octanol–water partition coefficient (Wildman–Crippen LogP) is 6.74. The number of hydrogen-bond acceptors (Lipinski definition) is 2. The molecule has 0 heterocycles. The van der Waals surface area contributed by atoms with E-state index in [9.17, 15) is 0 Å². The fourth-order valence-electron chi connectivity index (χ4n) is 3.28. The minimum atomic E-state index is 0.586. The van der Waals surface area contributed by atoms with Gasteiger partial charge in [-0.25, -0.2) is 0 Å². The van der Waals surface area contributed by atoms with Crippen LogP contribution in [0.1, 0.15) is 11.1 Å². The van der Waals surface area contributed by atoms with Gasteiger partial charge in [0.15, 0.2) is 0 Å². The van der Waals surface area contributed by atoms with Crippen molar-refractivity contribution in [3.63, 3.8) is 0 Å². The first-order valence-corrected chi connectivity index (χ1v) is 10.2. The summed E-state index contributed by atoms with van der Waals surface area (Å²) in [5.74, 6) is 1.56. The molecule has 4 aromatic carbocycles. The van der Waals surface area contributed by atoms with Gasteiger partial charge in [-0.3, -0.25) is 0 Å². The lowest BCUT2D eigenvalue weighted by atomic mass is 10.1. The summed E-state index contributed by atoms with van der Waals surface area (Å²) < 4.78 is 11.9. The average molecular weight is 403 g/mol. The Kier molecular flexibility index (Phi) is 6.33. The summed E-state index contributed by atoms with van der Waals surface area (Å²) in [6.07, 6.45) is 1.73. The lowest BCUT2D eigenvalue weighted by Gasteiger charge is -2.11. The summed E-state index contributed by atoms with van der Waals surface area (Å²) in [5, 5.41) is 2.76. The SMILES string of the molecule is Clc1cc2ccc(OCCc3ccccc3)cc2cc1OCCc1ccccc1. The zero-order valence-corrected chi connectivity index (χ0v) is 16.9. The molecular formula is C26H23ClO2. The molecule has 3 heteroatoms. The highest BCUT2D eigenvalue weighted by molar-refractivity contribution is 6.32. The molecule has 0 spiro atoms. The molecule has 0 aromatic heterocycles. The van der Waals surface area contributed by atoms with Gasteiger partial charge in [0.2, 0.25) is 0 Å². The standard InChI is InChI=1S/C26H23ClO2/c27-25-18-22-11-12-24(28-15-13-20-7-3-1-4-8-20)17-23(22)19-26(25)29-16-14-21-9-5-2-6-10-21/h1-12,17-19H,13-16H2. The second kappa shape index (κ2) is 9.49. The molecule has 0 aliphatic rings. The predicted molar refractivity (Wildman–Crippen MR) is 120 cm³/mol. The Morgan fingerprint density at radius 2 is 1.21 bits per heavy atom. The third-order valence-electron chi connectivity index (χ3n) is 4.86. The van der Waals surface area contributed by atoms with Crippen LogP contribution in [0.4, 0.5) is 0 Å². The summed E-state index contributed by atoms with van der Waals surface area (Å²) >= 11 is 6.42. The van der Waals surface area contributed by atoms with Crippen molar-refractivity contribution in [2.75, 3.05) is 13.2 Å². The number of rotatable bonds is 8. The summed E-state index contributed by atoms with van der Waals surface area (Å²) in [6.45, 7) is 1.23. The molecule has 0 amide bonds. The van der Waals surface area contributed by atoms with Crippen molar-refractivity contribution in [2.24, 2.45) is 0 Å². The number of ether oxygens (including phenoxy) is 2. The normalized spacial score (nSPS) is 10.8. The summed E-state index contributed by atoms with van der Waals surface area (Å²) in [6, 6.07) is 30.7. The fraction of sp³-hybridized carbons (Fsp3) is 0.154. The smallest absolute Gasteiger partial charge is 0.138 e. The molecule has 0 aliphatic heterocycles. The highest BCUT2D eigenvalue weighted by Crippen LogP contribution is 2.32. The third-order valence-corrected chi connectivity index (χ3v) is 5.15. The van der Waals surface area contributed by atoms with Crippen LogP contribution in [0.5, 0.6) is 11.5 Å². The topological polar surface area (TPSA) is 18.5 Å². The van der Waals surface area contributed by atoms with Crippen LogP contribution in [-0.2, 0) is 12.8 Å². The van der Waals surface area contributed by atoms with Crippen molar-refractivity contribution in [3.8, 4) is 11.5 Å². The van der Waals surface area contributed by atoms with Crippen LogP contribution in [0, 0.1) is 0 Å². The van der Waals surface area contributed by atoms with Gasteiger partial charge in [-0.2, -0.15) is 0 Å². The van der Waals surface area contributed by atoms with Crippen LogP contribution in [0.15, 0.2) is 91.0 Å². The van der Waals surface area contributed by atoms with Crippen LogP contribution < -0.4 is 9.47 Å². The van der Waals surface area contributed by atoms with Gasteiger partial charge in [-0.1, -0.05) is 78.3 Å². The van der Waals surface area contributed by atoms with E-state index >= 15 is 0 Å². The minimum Gasteiger partial charge on any atom is -0.493 e. The van der Waals surface area contributed by atoms with E-state index in [4.69, 9.17) is 21.1 Å². The molecule has 0 atom stereocenters. The number of fused-ring (bicyclic) bond motifs is 1. The molecule has 0 bridgehead atoms. The van der Waals surface area contributed by atoms with Gasteiger partial charge in [0.25, 0.3) is 0 Å². The molecule has 0 unspecified atom stereocenters. The average Bonchev–Trinajstić information content (AvgIpc) is 2.76. The Hall–Kier alpha value is -2.97.